The van der Waals surface area contributed by atoms with Crippen LogP contribution in [0.1, 0.15) is 22.2 Å². The number of halogens is 1. The van der Waals surface area contributed by atoms with Crippen molar-refractivity contribution >= 4 is 21.8 Å². The number of methoxy groups -OCH3 is 1. The summed E-state index contributed by atoms with van der Waals surface area (Å²) in [5, 5.41) is 2.83. The van der Waals surface area contributed by atoms with E-state index in [4.69, 9.17) is 4.74 Å². The van der Waals surface area contributed by atoms with Gasteiger partial charge in [0, 0.05) is 32.5 Å². The number of ether oxygens (including phenoxy) is 1. The molecule has 7 nitrogen and oxygen atoms in total. The van der Waals surface area contributed by atoms with Crippen molar-refractivity contribution in [2.24, 2.45) is 7.05 Å². The first-order valence-electron chi connectivity index (χ1n) is 6.46. The summed E-state index contributed by atoms with van der Waals surface area (Å²) in [5.41, 5.74) is 1.25. The normalized spacial score (nSPS) is 21.2. The molecule has 0 aromatic carbocycles. The molecule has 21 heavy (non-hydrogen) atoms. The lowest BCUT2D eigenvalue weighted by Gasteiger charge is -2.34. The van der Waals surface area contributed by atoms with Gasteiger partial charge in [-0.15, -0.1) is 0 Å². The number of nitrogens with one attached hydrogen (secondary N) is 2. The minimum Gasteiger partial charge on any atom is -0.359 e. The van der Waals surface area contributed by atoms with Crippen molar-refractivity contribution in [3.8, 4) is 0 Å². The molecule has 0 aliphatic carbocycles. The molecular weight excluding hydrogens is 340 g/mol. The maximum atomic E-state index is 12.0. The van der Waals surface area contributed by atoms with Gasteiger partial charge < -0.3 is 19.6 Å². The Labute approximate surface area is 129 Å². The number of nitrogens with zero attached hydrogens (tertiary/aromatic N) is 2. The monoisotopic (exact) mass is 354 g/mol. The topological polar surface area (TPSA) is 81.1 Å². The smallest absolute Gasteiger partial charge is 0.325 e. The molecular formula is C13H15BrN4O3. The summed E-state index contributed by atoms with van der Waals surface area (Å²) >= 11 is 3.46. The zero-order valence-electron chi connectivity index (χ0n) is 11.6. The van der Waals surface area contributed by atoms with Crippen LogP contribution in [0.5, 0.6) is 0 Å². The standard InChI is InChI=1S/C13H15BrN4O3/c1-17-7(6-15-13(17)20)5-9-12(21-2)16-11(19)8-3-4-10(14)18(8)9/h3-4,6,9,12H,5H2,1-2H3,(H,15,20)(H,16,19)/t9-,12-/m1/s1. The second kappa shape index (κ2) is 5.19. The van der Waals surface area contributed by atoms with E-state index in [1.54, 1.807) is 31.0 Å². The number of H-pyrrole nitrogens is 1. The highest BCUT2D eigenvalue weighted by Crippen LogP contribution is 2.30. The summed E-state index contributed by atoms with van der Waals surface area (Å²) in [7, 11) is 3.26. The first-order valence-corrected chi connectivity index (χ1v) is 7.26. The third-order valence-corrected chi connectivity index (χ3v) is 4.47. The van der Waals surface area contributed by atoms with Gasteiger partial charge >= 0.3 is 5.69 Å². The summed E-state index contributed by atoms with van der Waals surface area (Å²) in [4.78, 5) is 26.2. The van der Waals surface area contributed by atoms with Crippen LogP contribution in [0.2, 0.25) is 0 Å². The van der Waals surface area contributed by atoms with Crippen molar-refractivity contribution in [2.75, 3.05) is 7.11 Å². The largest absolute Gasteiger partial charge is 0.359 e. The Morgan fingerprint density at radius 3 is 2.76 bits per heavy atom. The summed E-state index contributed by atoms with van der Waals surface area (Å²) in [5.74, 6) is -0.174. The van der Waals surface area contributed by atoms with E-state index in [0.717, 1.165) is 10.3 Å². The fourth-order valence-corrected chi connectivity index (χ4v) is 3.26. The van der Waals surface area contributed by atoms with E-state index < -0.39 is 6.23 Å². The third kappa shape index (κ3) is 2.24. The zero-order chi connectivity index (χ0) is 15.1. The molecule has 2 aromatic rings. The number of carbonyl (C=O) groups is 1. The highest BCUT2D eigenvalue weighted by atomic mass is 79.9. The van der Waals surface area contributed by atoms with Crippen LogP contribution in [0.25, 0.3) is 0 Å². The Morgan fingerprint density at radius 2 is 2.14 bits per heavy atom. The lowest BCUT2D eigenvalue weighted by molar-refractivity contribution is 0.0167. The molecule has 0 radical (unpaired) electrons. The van der Waals surface area contributed by atoms with Crippen LogP contribution in [0.3, 0.4) is 0 Å². The van der Waals surface area contributed by atoms with E-state index in [2.05, 4.69) is 26.2 Å². The summed E-state index contributed by atoms with van der Waals surface area (Å²) in [6.45, 7) is 0. The summed E-state index contributed by atoms with van der Waals surface area (Å²) in [6.07, 6.45) is 1.77. The van der Waals surface area contributed by atoms with Gasteiger partial charge in [-0.25, -0.2) is 4.79 Å². The fourth-order valence-electron chi connectivity index (χ4n) is 2.67. The van der Waals surface area contributed by atoms with Crippen molar-refractivity contribution < 1.29 is 9.53 Å². The van der Waals surface area contributed by atoms with Crippen LogP contribution in [0.15, 0.2) is 27.7 Å². The van der Waals surface area contributed by atoms with Crippen LogP contribution in [0.4, 0.5) is 0 Å². The average Bonchev–Trinajstić information content (AvgIpc) is 3.00. The molecule has 3 heterocycles. The number of rotatable bonds is 3. The molecule has 1 amide bonds. The second-order valence-electron chi connectivity index (χ2n) is 4.96. The van der Waals surface area contributed by atoms with E-state index in [0.29, 0.717) is 12.1 Å². The van der Waals surface area contributed by atoms with Crippen LogP contribution < -0.4 is 11.0 Å². The first-order chi connectivity index (χ1) is 10.0. The second-order valence-corrected chi connectivity index (χ2v) is 5.77. The summed E-state index contributed by atoms with van der Waals surface area (Å²) < 4.78 is 9.66. The Hall–Kier alpha value is -1.80. The number of aromatic amines is 1. The lowest BCUT2D eigenvalue weighted by Crippen LogP contribution is -2.49. The van der Waals surface area contributed by atoms with Crippen molar-refractivity contribution in [2.45, 2.75) is 18.7 Å². The molecule has 0 unspecified atom stereocenters. The van der Waals surface area contributed by atoms with Gasteiger partial charge in [0.1, 0.15) is 5.69 Å². The van der Waals surface area contributed by atoms with Gasteiger partial charge in [-0.2, -0.15) is 0 Å². The number of hydrogen-bond acceptors (Lipinski definition) is 3. The van der Waals surface area contributed by atoms with Gasteiger partial charge in [0.05, 0.1) is 10.6 Å². The Bertz CT molecular complexity index is 745. The van der Waals surface area contributed by atoms with Gasteiger partial charge in [-0.3, -0.25) is 9.36 Å². The van der Waals surface area contributed by atoms with Crippen molar-refractivity contribution in [3.05, 3.63) is 44.8 Å². The van der Waals surface area contributed by atoms with Crippen molar-refractivity contribution in [1.29, 1.82) is 0 Å². The molecule has 1 aliphatic rings. The van der Waals surface area contributed by atoms with Crippen molar-refractivity contribution in [3.63, 3.8) is 0 Å². The predicted octanol–water partition coefficient (Wildman–Crippen LogP) is 0.777. The fraction of sp³-hybridized carbons (Fsp3) is 0.385. The van der Waals surface area contributed by atoms with E-state index in [1.807, 2.05) is 10.6 Å². The number of carbonyl (C=O) groups excluding carboxylic acids is 1. The van der Waals surface area contributed by atoms with Crippen LogP contribution in [-0.2, 0) is 18.2 Å². The molecule has 0 saturated heterocycles. The maximum Gasteiger partial charge on any atom is 0.325 e. The Kier molecular flexibility index (Phi) is 3.50. The van der Waals surface area contributed by atoms with Gasteiger partial charge in [0.2, 0.25) is 0 Å². The summed E-state index contributed by atoms with van der Waals surface area (Å²) in [6, 6.07) is 3.44. The Morgan fingerprint density at radius 1 is 1.38 bits per heavy atom. The number of aromatic nitrogens is 3. The van der Waals surface area contributed by atoms with E-state index in [1.165, 1.54) is 0 Å². The zero-order valence-corrected chi connectivity index (χ0v) is 13.2. The van der Waals surface area contributed by atoms with Crippen LogP contribution in [0, 0.1) is 0 Å². The number of fused-ring (bicyclic) bond motifs is 1. The minimum absolute atomic E-state index is 0.145. The molecule has 2 aromatic heterocycles. The van der Waals surface area contributed by atoms with Gasteiger partial charge in [0.15, 0.2) is 6.23 Å². The quantitative estimate of drug-likeness (QED) is 0.854. The third-order valence-electron chi connectivity index (χ3n) is 3.83. The van der Waals surface area contributed by atoms with Crippen molar-refractivity contribution in [1.82, 2.24) is 19.4 Å². The maximum absolute atomic E-state index is 12.0. The molecule has 8 heteroatoms. The molecule has 1 aliphatic heterocycles. The average molecular weight is 355 g/mol. The molecule has 2 atom stereocenters. The SMILES string of the molecule is CO[C@H]1NC(=O)c2ccc(Br)n2[C@@H]1Cc1c[nH]c(=O)n1C. The molecule has 0 fully saturated rings. The molecule has 112 valence electrons. The Balaban J connectivity index is 2.04. The van der Waals surface area contributed by atoms with Crippen LogP contribution in [-0.4, -0.2) is 33.4 Å². The minimum atomic E-state index is -0.460. The van der Waals surface area contributed by atoms with Gasteiger partial charge in [0.25, 0.3) is 5.91 Å². The molecule has 0 saturated carbocycles. The first kappa shape index (κ1) is 14.2. The number of hydrogen-bond donors (Lipinski definition) is 2. The van der Waals surface area contributed by atoms with E-state index in [-0.39, 0.29) is 17.6 Å². The molecule has 0 spiro atoms. The van der Waals surface area contributed by atoms with Gasteiger partial charge in [-0.1, -0.05) is 0 Å². The highest BCUT2D eigenvalue weighted by molar-refractivity contribution is 9.10. The van der Waals surface area contributed by atoms with E-state index in [9.17, 15) is 9.59 Å². The predicted molar refractivity (Wildman–Crippen MR) is 79.2 cm³/mol. The molecule has 2 N–H and O–H groups in total. The molecule has 3 rings (SSSR count). The van der Waals surface area contributed by atoms with Crippen LogP contribution >= 0.6 is 15.9 Å². The molecule has 0 bridgehead atoms. The van der Waals surface area contributed by atoms with Gasteiger partial charge in [-0.05, 0) is 28.1 Å². The highest BCUT2D eigenvalue weighted by Gasteiger charge is 2.35. The number of amides is 1. The lowest BCUT2D eigenvalue weighted by atomic mass is 10.1. The number of imidazole rings is 1. The van der Waals surface area contributed by atoms with E-state index >= 15 is 0 Å².